The monoisotopic (exact) mass is 337 g/mol. The van der Waals surface area contributed by atoms with E-state index in [1.54, 1.807) is 18.3 Å². The summed E-state index contributed by atoms with van der Waals surface area (Å²) in [5.41, 5.74) is 9.54. The summed E-state index contributed by atoms with van der Waals surface area (Å²) in [6.07, 6.45) is 1.04. The number of aromatic nitrogens is 1. The van der Waals surface area contributed by atoms with Crippen LogP contribution in [0.5, 0.6) is 5.75 Å². The highest BCUT2D eigenvalue weighted by Gasteiger charge is 2.13. The lowest BCUT2D eigenvalue weighted by molar-refractivity contribution is 0.155. The minimum atomic E-state index is -0.561. The Hall–Kier alpha value is -3.28. The highest BCUT2D eigenvalue weighted by atomic mass is 16.5. The average molecular weight is 337 g/mol. The van der Waals surface area contributed by atoms with Crippen molar-refractivity contribution in [3.63, 3.8) is 0 Å². The molecule has 0 aliphatic carbocycles. The van der Waals surface area contributed by atoms with Crippen LogP contribution in [0.4, 0.5) is 16.2 Å². The van der Waals surface area contributed by atoms with Gasteiger partial charge in [0.2, 0.25) is 0 Å². The second-order valence-corrected chi connectivity index (χ2v) is 5.59. The highest BCUT2D eigenvalue weighted by molar-refractivity contribution is 5.95. The molecule has 0 bridgehead atoms. The normalized spacial score (nSPS) is 10.5. The largest absolute Gasteiger partial charge is 0.495 e. The van der Waals surface area contributed by atoms with E-state index in [9.17, 15) is 4.79 Å². The number of carbonyl (C=O) groups is 1. The summed E-state index contributed by atoms with van der Waals surface area (Å²) >= 11 is 0. The van der Waals surface area contributed by atoms with Gasteiger partial charge in [0.05, 0.1) is 30.2 Å². The lowest BCUT2D eigenvalue weighted by Crippen LogP contribution is -2.14. The quantitative estimate of drug-likeness (QED) is 0.754. The number of rotatable bonds is 4. The molecule has 3 aromatic rings. The standard InChI is InChI=1S/C19H19N3O3/c1-12-14-8-18(24-2)17(9-16(14)21-10-15(12)20)22-19(23)25-11-13-6-4-3-5-7-13/h3-10H,11,20H2,1-2H3,(H,22,23). The van der Waals surface area contributed by atoms with Gasteiger partial charge in [0.1, 0.15) is 12.4 Å². The molecule has 6 nitrogen and oxygen atoms in total. The van der Waals surface area contributed by atoms with Crippen LogP contribution in [0, 0.1) is 6.92 Å². The van der Waals surface area contributed by atoms with E-state index in [-0.39, 0.29) is 6.61 Å². The van der Waals surface area contributed by atoms with E-state index in [4.69, 9.17) is 15.2 Å². The number of carbonyl (C=O) groups excluding carboxylic acids is 1. The maximum atomic E-state index is 12.1. The van der Waals surface area contributed by atoms with E-state index in [0.717, 1.165) is 16.5 Å². The van der Waals surface area contributed by atoms with Gasteiger partial charge in [-0.15, -0.1) is 0 Å². The number of aryl methyl sites for hydroxylation is 1. The smallest absolute Gasteiger partial charge is 0.412 e. The van der Waals surface area contributed by atoms with E-state index in [2.05, 4.69) is 10.3 Å². The molecule has 25 heavy (non-hydrogen) atoms. The lowest BCUT2D eigenvalue weighted by atomic mass is 10.1. The fourth-order valence-electron chi connectivity index (χ4n) is 2.50. The third-order valence-electron chi connectivity index (χ3n) is 3.95. The lowest BCUT2D eigenvalue weighted by Gasteiger charge is -2.13. The molecule has 128 valence electrons. The fourth-order valence-corrected chi connectivity index (χ4v) is 2.50. The topological polar surface area (TPSA) is 86.5 Å². The van der Waals surface area contributed by atoms with Crippen LogP contribution < -0.4 is 15.8 Å². The second-order valence-electron chi connectivity index (χ2n) is 5.59. The molecule has 0 fully saturated rings. The SMILES string of the molecule is COc1cc2c(C)c(N)cnc2cc1NC(=O)OCc1ccccc1. The Morgan fingerprint density at radius 1 is 1.24 bits per heavy atom. The molecule has 0 radical (unpaired) electrons. The van der Waals surface area contributed by atoms with Gasteiger partial charge in [-0.3, -0.25) is 10.3 Å². The van der Waals surface area contributed by atoms with E-state index in [1.165, 1.54) is 7.11 Å². The van der Waals surface area contributed by atoms with Crippen molar-refractivity contribution in [2.45, 2.75) is 13.5 Å². The fraction of sp³-hybridized carbons (Fsp3) is 0.158. The Bertz CT molecular complexity index is 911. The summed E-state index contributed by atoms with van der Waals surface area (Å²) < 4.78 is 10.6. The third kappa shape index (κ3) is 3.63. The van der Waals surface area contributed by atoms with E-state index in [0.29, 0.717) is 22.6 Å². The molecule has 3 N–H and O–H groups in total. The van der Waals surface area contributed by atoms with Crippen molar-refractivity contribution in [3.8, 4) is 5.75 Å². The first-order valence-corrected chi connectivity index (χ1v) is 7.79. The summed E-state index contributed by atoms with van der Waals surface area (Å²) in [5, 5.41) is 3.58. The highest BCUT2D eigenvalue weighted by Crippen LogP contribution is 2.32. The minimum Gasteiger partial charge on any atom is -0.495 e. The van der Waals surface area contributed by atoms with Gasteiger partial charge in [-0.1, -0.05) is 30.3 Å². The predicted molar refractivity (Wildman–Crippen MR) is 97.7 cm³/mol. The number of anilines is 2. The number of methoxy groups -OCH3 is 1. The van der Waals surface area contributed by atoms with Crippen molar-refractivity contribution in [1.29, 1.82) is 0 Å². The predicted octanol–water partition coefficient (Wildman–Crippen LogP) is 3.88. The van der Waals surface area contributed by atoms with E-state index >= 15 is 0 Å². The third-order valence-corrected chi connectivity index (χ3v) is 3.95. The number of ether oxygens (including phenoxy) is 2. The summed E-state index contributed by atoms with van der Waals surface area (Å²) in [6.45, 7) is 2.11. The molecular formula is C19H19N3O3. The van der Waals surface area contributed by atoms with Gasteiger partial charge in [-0.05, 0) is 30.2 Å². The first-order chi connectivity index (χ1) is 12.1. The zero-order chi connectivity index (χ0) is 17.8. The minimum absolute atomic E-state index is 0.191. The first kappa shape index (κ1) is 16.6. The van der Waals surface area contributed by atoms with Crippen LogP contribution in [-0.4, -0.2) is 18.2 Å². The van der Waals surface area contributed by atoms with Crippen molar-refractivity contribution < 1.29 is 14.3 Å². The molecule has 0 saturated heterocycles. The van der Waals surface area contributed by atoms with E-state index < -0.39 is 6.09 Å². The van der Waals surface area contributed by atoms with Gasteiger partial charge < -0.3 is 15.2 Å². The number of fused-ring (bicyclic) bond motifs is 1. The molecular weight excluding hydrogens is 318 g/mol. The maximum absolute atomic E-state index is 12.1. The molecule has 1 amide bonds. The summed E-state index contributed by atoms with van der Waals surface area (Å²) in [4.78, 5) is 16.4. The average Bonchev–Trinajstić information content (AvgIpc) is 2.64. The Labute approximate surface area is 145 Å². The molecule has 6 heteroatoms. The Morgan fingerprint density at radius 3 is 2.72 bits per heavy atom. The number of nitrogens with two attached hydrogens (primary N) is 1. The molecule has 1 aromatic heterocycles. The number of nitrogens with zero attached hydrogens (tertiary/aromatic N) is 1. The number of pyridine rings is 1. The van der Waals surface area contributed by atoms with Crippen molar-refractivity contribution >= 4 is 28.4 Å². The first-order valence-electron chi connectivity index (χ1n) is 7.79. The summed E-state index contributed by atoms with van der Waals surface area (Å²) in [6, 6.07) is 13.0. The van der Waals surface area contributed by atoms with E-state index in [1.807, 2.05) is 37.3 Å². The Balaban J connectivity index is 1.80. The molecule has 0 unspecified atom stereocenters. The van der Waals surface area contributed by atoms with Crippen LogP contribution in [0.3, 0.4) is 0 Å². The molecule has 0 aliphatic rings. The summed E-state index contributed by atoms with van der Waals surface area (Å²) in [7, 11) is 1.54. The maximum Gasteiger partial charge on any atom is 0.412 e. The van der Waals surface area contributed by atoms with Crippen molar-refractivity contribution in [2.24, 2.45) is 0 Å². The van der Waals surface area contributed by atoms with Crippen LogP contribution >= 0.6 is 0 Å². The molecule has 0 spiro atoms. The van der Waals surface area contributed by atoms with Crippen LogP contribution in [0.15, 0.2) is 48.7 Å². The number of hydrogen-bond donors (Lipinski definition) is 2. The Kier molecular flexibility index (Phi) is 4.70. The number of nitrogen functional groups attached to an aromatic ring is 1. The van der Waals surface area contributed by atoms with Crippen molar-refractivity contribution in [1.82, 2.24) is 4.98 Å². The van der Waals surface area contributed by atoms with Gasteiger partial charge in [-0.25, -0.2) is 4.79 Å². The number of amides is 1. The number of nitrogens with one attached hydrogen (secondary N) is 1. The zero-order valence-electron chi connectivity index (χ0n) is 14.1. The van der Waals surface area contributed by atoms with Crippen LogP contribution in [0.2, 0.25) is 0 Å². The summed E-state index contributed by atoms with van der Waals surface area (Å²) in [5.74, 6) is 0.514. The van der Waals surface area contributed by atoms with Crippen LogP contribution in [-0.2, 0) is 11.3 Å². The second kappa shape index (κ2) is 7.09. The molecule has 0 atom stereocenters. The molecule has 1 heterocycles. The van der Waals surface area contributed by atoms with Crippen LogP contribution in [0.25, 0.3) is 10.9 Å². The van der Waals surface area contributed by atoms with Crippen molar-refractivity contribution in [3.05, 3.63) is 59.8 Å². The van der Waals surface area contributed by atoms with Crippen LogP contribution in [0.1, 0.15) is 11.1 Å². The molecule has 0 aliphatic heterocycles. The van der Waals surface area contributed by atoms with Gasteiger partial charge >= 0.3 is 6.09 Å². The van der Waals surface area contributed by atoms with Gasteiger partial charge in [0.25, 0.3) is 0 Å². The number of benzene rings is 2. The van der Waals surface area contributed by atoms with Crippen molar-refractivity contribution in [2.75, 3.05) is 18.2 Å². The number of hydrogen-bond acceptors (Lipinski definition) is 5. The van der Waals surface area contributed by atoms with Gasteiger partial charge in [0.15, 0.2) is 0 Å². The molecule has 3 rings (SSSR count). The van der Waals surface area contributed by atoms with Gasteiger partial charge in [-0.2, -0.15) is 0 Å². The molecule has 2 aromatic carbocycles. The zero-order valence-corrected chi connectivity index (χ0v) is 14.1. The molecule has 0 saturated carbocycles. The Morgan fingerprint density at radius 2 is 2.00 bits per heavy atom. The van der Waals surface area contributed by atoms with Gasteiger partial charge in [0, 0.05) is 5.39 Å².